The summed E-state index contributed by atoms with van der Waals surface area (Å²) in [5, 5.41) is 13.0. The van der Waals surface area contributed by atoms with Crippen LogP contribution in [0, 0.1) is 10.1 Å². The lowest BCUT2D eigenvalue weighted by atomic mass is 10.3. The molecule has 6 nitrogen and oxygen atoms in total. The molecule has 0 aromatic carbocycles. The van der Waals surface area contributed by atoms with Crippen molar-refractivity contribution >= 4 is 15.9 Å². The van der Waals surface area contributed by atoms with Crippen LogP contribution in [-0.2, 0) is 4.74 Å². The third kappa shape index (κ3) is 1.67. The van der Waals surface area contributed by atoms with Crippen LogP contribution in [0.1, 0.15) is 0 Å². The Morgan fingerprint density at radius 3 is 2.92 bits per heavy atom. The first kappa shape index (κ1) is 8.85. The summed E-state index contributed by atoms with van der Waals surface area (Å²) in [5.74, 6) is 0. The van der Waals surface area contributed by atoms with Gasteiger partial charge in [-0.15, -0.1) is 5.11 Å². The van der Waals surface area contributed by atoms with Gasteiger partial charge in [0.15, 0.2) is 6.26 Å². The third-order valence-corrected chi connectivity index (χ3v) is 1.78. The SMILES string of the molecule is [N]=NC1OC=C([N+](=O)[O-])C=C1Br. The van der Waals surface area contributed by atoms with Gasteiger partial charge in [-0.25, -0.2) is 0 Å². The van der Waals surface area contributed by atoms with Crippen molar-refractivity contribution < 1.29 is 9.66 Å². The lowest BCUT2D eigenvalue weighted by Gasteiger charge is -2.11. The normalized spacial score (nSPS) is 21.9. The number of nitro groups is 1. The van der Waals surface area contributed by atoms with Gasteiger partial charge in [-0.3, -0.25) is 10.1 Å². The zero-order chi connectivity index (χ0) is 9.14. The molecule has 63 valence electrons. The minimum absolute atomic E-state index is 0.193. The van der Waals surface area contributed by atoms with Gasteiger partial charge in [0.1, 0.15) is 0 Å². The van der Waals surface area contributed by atoms with Crippen molar-refractivity contribution in [2.24, 2.45) is 5.11 Å². The lowest BCUT2D eigenvalue weighted by Crippen LogP contribution is -2.13. The number of nitrogens with zero attached hydrogens (tertiary/aromatic N) is 3. The van der Waals surface area contributed by atoms with Crippen LogP contribution in [-0.4, -0.2) is 11.2 Å². The van der Waals surface area contributed by atoms with Gasteiger partial charge in [-0.2, -0.15) is 0 Å². The first-order chi connectivity index (χ1) is 5.65. The quantitative estimate of drug-likeness (QED) is 0.404. The smallest absolute Gasteiger partial charge is 0.304 e. The summed E-state index contributed by atoms with van der Waals surface area (Å²) in [6, 6.07) is 0. The molecule has 1 heterocycles. The molecule has 0 bridgehead atoms. The molecule has 7 heteroatoms. The predicted molar refractivity (Wildman–Crippen MR) is 41.5 cm³/mol. The van der Waals surface area contributed by atoms with Crippen LogP contribution in [0.3, 0.4) is 0 Å². The maximum absolute atomic E-state index is 10.2. The van der Waals surface area contributed by atoms with E-state index in [0.29, 0.717) is 4.48 Å². The van der Waals surface area contributed by atoms with E-state index in [2.05, 4.69) is 25.8 Å². The fourth-order valence-corrected chi connectivity index (χ4v) is 1.06. The second-order valence-electron chi connectivity index (χ2n) is 1.93. The third-order valence-electron chi connectivity index (χ3n) is 1.16. The molecule has 1 atom stereocenters. The molecule has 1 rings (SSSR count). The van der Waals surface area contributed by atoms with Crippen LogP contribution >= 0.6 is 15.9 Å². The summed E-state index contributed by atoms with van der Waals surface area (Å²) in [4.78, 5) is 9.59. The Hall–Kier alpha value is -1.24. The predicted octanol–water partition coefficient (Wildman–Crippen LogP) is 0.992. The molecule has 12 heavy (non-hydrogen) atoms. The fourth-order valence-electron chi connectivity index (χ4n) is 0.624. The zero-order valence-electron chi connectivity index (χ0n) is 5.68. The topological polar surface area (TPSA) is 87.0 Å². The number of ether oxygens (including phenoxy) is 1. The number of allylic oxidation sites excluding steroid dienone is 1. The van der Waals surface area contributed by atoms with E-state index in [-0.39, 0.29) is 5.70 Å². The largest absolute Gasteiger partial charge is 0.463 e. The molecule has 0 amide bonds. The highest BCUT2D eigenvalue weighted by Crippen LogP contribution is 2.22. The summed E-state index contributed by atoms with van der Waals surface area (Å²) in [7, 11) is 0. The van der Waals surface area contributed by atoms with Gasteiger partial charge in [-0.05, 0) is 21.5 Å². The van der Waals surface area contributed by atoms with Crippen LogP contribution in [0.2, 0.25) is 0 Å². The number of hydrogen-bond donors (Lipinski definition) is 0. The van der Waals surface area contributed by atoms with Gasteiger partial charge >= 0.3 is 5.70 Å². The number of hydrogen-bond acceptors (Lipinski definition) is 4. The Bertz CT molecular complexity index is 286. The average Bonchev–Trinajstić information content (AvgIpc) is 2.04. The summed E-state index contributed by atoms with van der Waals surface area (Å²) in [6.45, 7) is 0. The Balaban J connectivity index is 2.84. The number of halogens is 1. The Kier molecular flexibility index (Phi) is 2.54. The van der Waals surface area contributed by atoms with Gasteiger partial charge < -0.3 is 4.74 Å². The van der Waals surface area contributed by atoms with Crippen molar-refractivity contribution in [2.75, 3.05) is 0 Å². The van der Waals surface area contributed by atoms with E-state index in [1.54, 1.807) is 0 Å². The van der Waals surface area contributed by atoms with E-state index >= 15 is 0 Å². The molecule has 0 saturated carbocycles. The minimum atomic E-state index is -0.895. The van der Waals surface area contributed by atoms with Crippen molar-refractivity contribution in [3.63, 3.8) is 0 Å². The highest BCUT2D eigenvalue weighted by atomic mass is 79.9. The van der Waals surface area contributed by atoms with Crippen LogP contribution in [0.25, 0.3) is 0 Å². The summed E-state index contributed by atoms with van der Waals surface area (Å²) in [6.07, 6.45) is 1.25. The van der Waals surface area contributed by atoms with E-state index < -0.39 is 11.2 Å². The van der Waals surface area contributed by atoms with E-state index in [1.165, 1.54) is 6.08 Å². The molecular weight excluding hydrogens is 230 g/mol. The molecule has 0 aromatic rings. The molecule has 1 aliphatic rings. The first-order valence-corrected chi connectivity index (χ1v) is 3.66. The van der Waals surface area contributed by atoms with Crippen molar-refractivity contribution in [3.8, 4) is 0 Å². The maximum atomic E-state index is 10.2. The minimum Gasteiger partial charge on any atom is -0.463 e. The van der Waals surface area contributed by atoms with E-state index in [4.69, 9.17) is 5.53 Å². The number of rotatable bonds is 2. The summed E-state index contributed by atoms with van der Waals surface area (Å²) >= 11 is 2.96. The molecule has 0 saturated heterocycles. The van der Waals surface area contributed by atoms with Crippen LogP contribution in [0.15, 0.2) is 27.6 Å². The van der Waals surface area contributed by atoms with Crippen molar-refractivity contribution in [2.45, 2.75) is 6.23 Å². The maximum Gasteiger partial charge on any atom is 0.304 e. The average molecular weight is 233 g/mol. The molecule has 0 aromatic heterocycles. The highest BCUT2D eigenvalue weighted by molar-refractivity contribution is 9.11. The molecule has 1 aliphatic heterocycles. The molecule has 1 unspecified atom stereocenters. The van der Waals surface area contributed by atoms with Crippen molar-refractivity contribution in [3.05, 3.63) is 32.6 Å². The van der Waals surface area contributed by atoms with Gasteiger partial charge in [0.05, 0.1) is 9.41 Å². The van der Waals surface area contributed by atoms with Gasteiger partial charge in [0, 0.05) is 6.08 Å². The zero-order valence-corrected chi connectivity index (χ0v) is 7.26. The van der Waals surface area contributed by atoms with Crippen LogP contribution in [0.4, 0.5) is 0 Å². The monoisotopic (exact) mass is 232 g/mol. The van der Waals surface area contributed by atoms with Gasteiger partial charge in [0.2, 0.25) is 6.23 Å². The Labute approximate surface area is 75.7 Å². The molecule has 0 spiro atoms. The van der Waals surface area contributed by atoms with E-state index in [1.807, 2.05) is 0 Å². The van der Waals surface area contributed by atoms with Gasteiger partial charge in [-0.1, -0.05) is 0 Å². The Morgan fingerprint density at radius 2 is 2.50 bits per heavy atom. The van der Waals surface area contributed by atoms with E-state index in [9.17, 15) is 10.1 Å². The molecule has 0 aliphatic carbocycles. The van der Waals surface area contributed by atoms with Crippen LogP contribution in [0.5, 0.6) is 0 Å². The first-order valence-electron chi connectivity index (χ1n) is 2.86. The summed E-state index contributed by atoms with van der Waals surface area (Å²) in [5.41, 5.74) is 8.12. The molecule has 1 radical (unpaired) electrons. The summed E-state index contributed by atoms with van der Waals surface area (Å²) < 4.78 is 4.98. The van der Waals surface area contributed by atoms with Crippen molar-refractivity contribution in [1.82, 2.24) is 5.53 Å². The lowest BCUT2D eigenvalue weighted by molar-refractivity contribution is -0.421. The van der Waals surface area contributed by atoms with Gasteiger partial charge in [0.25, 0.3) is 0 Å². The second kappa shape index (κ2) is 3.44. The highest BCUT2D eigenvalue weighted by Gasteiger charge is 2.21. The fraction of sp³-hybridized carbons (Fsp3) is 0.200. The standard InChI is InChI=1S/C5H3BrN3O3/c6-4-1-3(9(10)11)2-12-5(4)8-7/h1-2,5H. The second-order valence-corrected chi connectivity index (χ2v) is 2.85. The Morgan fingerprint density at radius 1 is 1.83 bits per heavy atom. The van der Waals surface area contributed by atoms with E-state index in [0.717, 1.165) is 6.26 Å². The van der Waals surface area contributed by atoms with Crippen LogP contribution < -0.4 is 5.53 Å². The molecule has 0 fully saturated rings. The molecular formula is C5H3BrN3O3. The molecule has 0 N–H and O–H groups in total. The van der Waals surface area contributed by atoms with Crippen molar-refractivity contribution in [1.29, 1.82) is 0 Å².